The fraction of sp³-hybridized carbons (Fsp3) is 0.467. The van der Waals surface area contributed by atoms with Gasteiger partial charge in [-0.15, -0.1) is 11.3 Å². The average Bonchev–Trinajstić information content (AvgIpc) is 2.76. The normalized spacial score (nSPS) is 14.1. The highest BCUT2D eigenvalue weighted by molar-refractivity contribution is 7.17. The van der Waals surface area contributed by atoms with Crippen LogP contribution >= 0.6 is 11.3 Å². The van der Waals surface area contributed by atoms with Crippen molar-refractivity contribution in [1.29, 1.82) is 0 Å². The zero-order valence-corrected chi connectivity index (χ0v) is 11.9. The lowest BCUT2D eigenvalue weighted by Gasteiger charge is -2.33. The predicted molar refractivity (Wildman–Crippen MR) is 78.0 cm³/mol. The van der Waals surface area contributed by atoms with Crippen molar-refractivity contribution >= 4 is 21.4 Å². The lowest BCUT2D eigenvalue weighted by atomic mass is 9.78. The fourth-order valence-corrected chi connectivity index (χ4v) is 3.00. The largest absolute Gasteiger partial charge is 0.314 e. The first kappa shape index (κ1) is 12.6. The number of hydrogen-bond acceptors (Lipinski definition) is 2. The minimum absolute atomic E-state index is 0.161. The van der Waals surface area contributed by atoms with Gasteiger partial charge in [0.05, 0.1) is 0 Å². The highest BCUT2D eigenvalue weighted by Crippen LogP contribution is 2.31. The number of likely N-dealkylation sites (N-methyl/N-ethyl adjacent to an activating group) is 1. The molecular weight excluding hydrogens is 226 g/mol. The molecule has 0 saturated heterocycles. The Morgan fingerprint density at radius 2 is 2.06 bits per heavy atom. The smallest absolute Gasteiger partial charge is 0.0345 e. The number of hydrogen-bond donors (Lipinski definition) is 1. The van der Waals surface area contributed by atoms with E-state index in [0.29, 0.717) is 6.04 Å². The zero-order valence-electron chi connectivity index (χ0n) is 11.1. The molecule has 0 aliphatic heterocycles. The summed E-state index contributed by atoms with van der Waals surface area (Å²) in [4.78, 5) is 0. The van der Waals surface area contributed by atoms with Crippen LogP contribution in [0, 0.1) is 0 Å². The van der Waals surface area contributed by atoms with Gasteiger partial charge in [-0.05, 0) is 41.9 Å². The van der Waals surface area contributed by atoms with Crippen molar-refractivity contribution in [3.05, 3.63) is 35.2 Å². The zero-order chi connectivity index (χ0) is 12.5. The van der Waals surface area contributed by atoms with E-state index in [2.05, 4.69) is 62.7 Å². The van der Waals surface area contributed by atoms with Crippen molar-refractivity contribution in [1.82, 2.24) is 5.32 Å². The van der Waals surface area contributed by atoms with E-state index >= 15 is 0 Å². The molecule has 2 aromatic rings. The van der Waals surface area contributed by atoms with E-state index in [1.165, 1.54) is 15.6 Å². The third-order valence-corrected chi connectivity index (χ3v) is 4.67. The van der Waals surface area contributed by atoms with Gasteiger partial charge in [-0.25, -0.2) is 0 Å². The number of fused-ring (bicyclic) bond motifs is 1. The molecule has 0 fully saturated rings. The summed E-state index contributed by atoms with van der Waals surface area (Å²) in [6, 6.07) is 9.51. The molecule has 0 amide bonds. The first-order chi connectivity index (χ1) is 8.05. The Kier molecular flexibility index (Phi) is 3.55. The van der Waals surface area contributed by atoms with Crippen LogP contribution in [0.1, 0.15) is 33.3 Å². The summed E-state index contributed by atoms with van der Waals surface area (Å²) in [6.07, 6.45) is 0. The molecule has 0 saturated carbocycles. The summed E-state index contributed by atoms with van der Waals surface area (Å²) in [6.45, 7) is 10.1. The van der Waals surface area contributed by atoms with Crippen molar-refractivity contribution in [2.45, 2.75) is 39.2 Å². The molecule has 1 nitrogen and oxygen atoms in total. The maximum absolute atomic E-state index is 3.53. The Bertz CT molecular complexity index is 498. The second kappa shape index (κ2) is 4.79. The summed E-state index contributed by atoms with van der Waals surface area (Å²) in [5.74, 6) is 0. The minimum atomic E-state index is 0.161. The van der Waals surface area contributed by atoms with Crippen LogP contribution in [0.5, 0.6) is 0 Å². The highest BCUT2D eigenvalue weighted by Gasteiger charge is 2.27. The molecule has 0 spiro atoms. The second-order valence-corrected chi connectivity index (χ2v) is 6.12. The molecule has 1 atom stereocenters. The van der Waals surface area contributed by atoms with E-state index in [9.17, 15) is 0 Å². The van der Waals surface area contributed by atoms with Crippen LogP contribution in [0.2, 0.25) is 0 Å². The number of nitrogens with one attached hydrogen (secondary N) is 1. The SMILES string of the molecule is CCNC(C)C(C)(C)c1ccc2ccsc2c1. The van der Waals surface area contributed by atoms with Crippen molar-refractivity contribution in [2.75, 3.05) is 6.54 Å². The van der Waals surface area contributed by atoms with Gasteiger partial charge in [0.15, 0.2) is 0 Å². The van der Waals surface area contributed by atoms with Gasteiger partial charge in [-0.3, -0.25) is 0 Å². The number of thiophene rings is 1. The van der Waals surface area contributed by atoms with Gasteiger partial charge in [-0.1, -0.05) is 32.9 Å². The van der Waals surface area contributed by atoms with Crippen molar-refractivity contribution < 1.29 is 0 Å². The monoisotopic (exact) mass is 247 g/mol. The molecule has 17 heavy (non-hydrogen) atoms. The molecule has 1 aromatic heterocycles. The number of benzene rings is 1. The Labute approximate surface area is 108 Å². The van der Waals surface area contributed by atoms with Crippen LogP contribution in [-0.4, -0.2) is 12.6 Å². The fourth-order valence-electron chi connectivity index (χ4n) is 2.17. The van der Waals surface area contributed by atoms with Gasteiger partial charge in [0.25, 0.3) is 0 Å². The Balaban J connectivity index is 2.36. The molecule has 0 aliphatic rings. The molecular formula is C15H21NS. The van der Waals surface area contributed by atoms with Crippen molar-refractivity contribution in [3.8, 4) is 0 Å². The first-order valence-corrected chi connectivity index (χ1v) is 7.14. The quantitative estimate of drug-likeness (QED) is 0.854. The molecule has 92 valence electrons. The topological polar surface area (TPSA) is 12.0 Å². The van der Waals surface area contributed by atoms with Crippen LogP contribution in [0.25, 0.3) is 10.1 Å². The lowest BCUT2D eigenvalue weighted by Crippen LogP contribution is -2.42. The highest BCUT2D eigenvalue weighted by atomic mass is 32.1. The van der Waals surface area contributed by atoms with Crippen LogP contribution in [-0.2, 0) is 5.41 Å². The Morgan fingerprint density at radius 3 is 2.76 bits per heavy atom. The van der Waals surface area contributed by atoms with Crippen LogP contribution < -0.4 is 5.32 Å². The molecule has 1 aromatic carbocycles. The van der Waals surface area contributed by atoms with Gasteiger partial charge in [0, 0.05) is 16.2 Å². The molecule has 2 heteroatoms. The van der Waals surface area contributed by atoms with E-state index in [1.807, 2.05) is 11.3 Å². The number of rotatable bonds is 4. The standard InChI is InChI=1S/C15H21NS/c1-5-16-11(2)15(3,4)13-7-6-12-8-9-17-14(12)10-13/h6-11,16H,5H2,1-4H3. The van der Waals surface area contributed by atoms with Crippen LogP contribution in [0.4, 0.5) is 0 Å². The van der Waals surface area contributed by atoms with Gasteiger partial charge in [0.1, 0.15) is 0 Å². The molecule has 1 unspecified atom stereocenters. The summed E-state index contributed by atoms with van der Waals surface area (Å²) in [5, 5.41) is 7.04. The van der Waals surface area contributed by atoms with Gasteiger partial charge < -0.3 is 5.32 Å². The average molecular weight is 247 g/mol. The minimum Gasteiger partial charge on any atom is -0.314 e. The molecule has 2 rings (SSSR count). The summed E-state index contributed by atoms with van der Waals surface area (Å²) >= 11 is 1.82. The second-order valence-electron chi connectivity index (χ2n) is 5.17. The molecule has 0 radical (unpaired) electrons. The van der Waals surface area contributed by atoms with Gasteiger partial charge in [-0.2, -0.15) is 0 Å². The maximum Gasteiger partial charge on any atom is 0.0345 e. The van der Waals surface area contributed by atoms with Crippen LogP contribution in [0.15, 0.2) is 29.6 Å². The molecule has 1 heterocycles. The molecule has 1 N–H and O–H groups in total. The summed E-state index contributed by atoms with van der Waals surface area (Å²) in [5.41, 5.74) is 1.58. The van der Waals surface area contributed by atoms with Gasteiger partial charge >= 0.3 is 0 Å². The van der Waals surface area contributed by atoms with Crippen LogP contribution in [0.3, 0.4) is 0 Å². The van der Waals surface area contributed by atoms with Crippen molar-refractivity contribution in [2.24, 2.45) is 0 Å². The van der Waals surface area contributed by atoms with E-state index in [4.69, 9.17) is 0 Å². The molecule has 0 aliphatic carbocycles. The summed E-state index contributed by atoms with van der Waals surface area (Å²) < 4.78 is 1.39. The van der Waals surface area contributed by atoms with E-state index in [1.54, 1.807) is 0 Å². The third kappa shape index (κ3) is 2.38. The Morgan fingerprint density at radius 1 is 1.29 bits per heavy atom. The van der Waals surface area contributed by atoms with E-state index in [0.717, 1.165) is 6.54 Å². The van der Waals surface area contributed by atoms with E-state index < -0.39 is 0 Å². The summed E-state index contributed by atoms with van der Waals surface area (Å²) in [7, 11) is 0. The van der Waals surface area contributed by atoms with Gasteiger partial charge in [0.2, 0.25) is 0 Å². The first-order valence-electron chi connectivity index (χ1n) is 6.27. The maximum atomic E-state index is 3.53. The third-order valence-electron chi connectivity index (χ3n) is 3.79. The molecule has 0 bridgehead atoms. The van der Waals surface area contributed by atoms with E-state index in [-0.39, 0.29) is 5.41 Å². The predicted octanol–water partition coefficient (Wildman–Crippen LogP) is 4.18. The lowest BCUT2D eigenvalue weighted by molar-refractivity contribution is 0.369. The van der Waals surface area contributed by atoms with Crippen molar-refractivity contribution in [3.63, 3.8) is 0 Å². The Hall–Kier alpha value is -0.860.